The van der Waals surface area contributed by atoms with Gasteiger partial charge in [-0.05, 0) is 12.5 Å². The van der Waals surface area contributed by atoms with Gasteiger partial charge in [0.25, 0.3) is 5.56 Å². The van der Waals surface area contributed by atoms with Crippen molar-refractivity contribution in [3.63, 3.8) is 0 Å². The van der Waals surface area contributed by atoms with Gasteiger partial charge in [0.05, 0.1) is 12.1 Å². The van der Waals surface area contributed by atoms with E-state index in [1.807, 2.05) is 30.3 Å². The smallest absolute Gasteiger partial charge is 0.330 e. The van der Waals surface area contributed by atoms with Crippen molar-refractivity contribution in [2.24, 2.45) is 0 Å². The van der Waals surface area contributed by atoms with Crippen molar-refractivity contribution in [3.8, 4) is 0 Å². The number of hydrogen-bond acceptors (Lipinski definition) is 6. The Morgan fingerprint density at radius 2 is 2.00 bits per heavy atom. The highest BCUT2D eigenvalue weighted by Crippen LogP contribution is 2.15. The van der Waals surface area contributed by atoms with Crippen molar-refractivity contribution in [2.45, 2.75) is 25.5 Å². The molecule has 136 valence electrons. The summed E-state index contributed by atoms with van der Waals surface area (Å²) in [7, 11) is 1.55. The molecule has 8 heteroatoms. The molecule has 25 heavy (non-hydrogen) atoms. The number of nitrogen functional groups attached to an aromatic ring is 1. The van der Waals surface area contributed by atoms with Crippen LogP contribution in [0.2, 0.25) is 0 Å². The van der Waals surface area contributed by atoms with E-state index in [4.69, 9.17) is 10.5 Å². The van der Waals surface area contributed by atoms with E-state index < -0.39 is 16.9 Å². The lowest BCUT2D eigenvalue weighted by Gasteiger charge is -2.24. The Kier molecular flexibility index (Phi) is 6.00. The summed E-state index contributed by atoms with van der Waals surface area (Å²) >= 11 is 0. The second-order valence-electron chi connectivity index (χ2n) is 6.18. The molecule has 0 bridgehead atoms. The Morgan fingerprint density at radius 1 is 1.32 bits per heavy atom. The minimum Gasteiger partial charge on any atom is -0.388 e. The summed E-state index contributed by atoms with van der Waals surface area (Å²) in [6.07, 6.45) is 0.387. The molecule has 0 fully saturated rings. The van der Waals surface area contributed by atoms with Crippen molar-refractivity contribution in [1.82, 2.24) is 9.55 Å². The zero-order valence-electron chi connectivity index (χ0n) is 14.4. The molecule has 2 aromatic rings. The predicted molar refractivity (Wildman–Crippen MR) is 96.9 cm³/mol. The molecule has 0 radical (unpaired) electrons. The van der Waals surface area contributed by atoms with E-state index in [1.54, 1.807) is 14.0 Å². The fraction of sp³-hybridized carbons (Fsp3) is 0.412. The second-order valence-corrected chi connectivity index (χ2v) is 6.18. The third-order valence-electron chi connectivity index (χ3n) is 3.91. The lowest BCUT2D eigenvalue weighted by molar-refractivity contribution is 0.0357. The fourth-order valence-corrected chi connectivity index (χ4v) is 2.37. The summed E-state index contributed by atoms with van der Waals surface area (Å²) in [4.78, 5) is 26.4. The van der Waals surface area contributed by atoms with Crippen LogP contribution in [0.25, 0.3) is 0 Å². The summed E-state index contributed by atoms with van der Waals surface area (Å²) in [5.74, 6) is 0.0279. The number of nitrogens with two attached hydrogens (primary N) is 1. The molecule has 1 heterocycles. The van der Waals surface area contributed by atoms with E-state index in [2.05, 4.69) is 10.3 Å². The molecular weight excluding hydrogens is 324 g/mol. The maximum absolute atomic E-state index is 12.1. The average Bonchev–Trinajstić information content (AvgIpc) is 2.57. The largest absolute Gasteiger partial charge is 0.388 e. The number of aliphatic hydroxyl groups is 1. The average molecular weight is 348 g/mol. The molecule has 1 atom stereocenters. The van der Waals surface area contributed by atoms with E-state index in [9.17, 15) is 14.7 Å². The van der Waals surface area contributed by atoms with E-state index in [-0.39, 0.29) is 24.6 Å². The Labute approximate surface area is 145 Å². The van der Waals surface area contributed by atoms with E-state index in [1.165, 1.54) is 4.57 Å². The van der Waals surface area contributed by atoms with Crippen LogP contribution in [-0.2, 0) is 11.3 Å². The summed E-state index contributed by atoms with van der Waals surface area (Å²) in [5, 5.41) is 13.1. The van der Waals surface area contributed by atoms with Gasteiger partial charge < -0.3 is 20.9 Å². The lowest BCUT2D eigenvalue weighted by Crippen LogP contribution is -2.39. The third-order valence-corrected chi connectivity index (χ3v) is 3.91. The van der Waals surface area contributed by atoms with E-state index in [0.717, 1.165) is 5.56 Å². The highest BCUT2D eigenvalue weighted by molar-refractivity contribution is 5.60. The summed E-state index contributed by atoms with van der Waals surface area (Å²) in [5.41, 5.74) is 4.69. The van der Waals surface area contributed by atoms with Crippen molar-refractivity contribution in [2.75, 3.05) is 31.3 Å². The summed E-state index contributed by atoms with van der Waals surface area (Å²) in [6, 6.07) is 9.31. The highest BCUT2D eigenvalue weighted by atomic mass is 16.5. The van der Waals surface area contributed by atoms with Gasteiger partial charge in [-0.15, -0.1) is 0 Å². The minimum atomic E-state index is -1.09. The van der Waals surface area contributed by atoms with Gasteiger partial charge in [0.2, 0.25) is 0 Å². The molecule has 0 saturated heterocycles. The number of rotatable bonds is 8. The molecule has 0 saturated carbocycles. The van der Waals surface area contributed by atoms with Crippen LogP contribution < -0.4 is 22.3 Å². The first-order chi connectivity index (χ1) is 11.8. The molecule has 1 aromatic carbocycles. The number of hydrogen-bond donors (Lipinski definition) is 4. The lowest BCUT2D eigenvalue weighted by atomic mass is 10.0. The molecule has 1 aromatic heterocycles. The van der Waals surface area contributed by atoms with Crippen molar-refractivity contribution in [1.29, 1.82) is 0 Å². The number of H-pyrrole nitrogens is 1. The molecular formula is C17H24N4O4. The number of aromatic nitrogens is 2. The zero-order chi connectivity index (χ0) is 18.4. The molecule has 8 nitrogen and oxygen atoms in total. The first kappa shape index (κ1) is 18.8. The minimum absolute atomic E-state index is 0.0279. The monoisotopic (exact) mass is 348 g/mol. The van der Waals surface area contributed by atoms with E-state index >= 15 is 0 Å². The van der Waals surface area contributed by atoms with Crippen LogP contribution in [0.3, 0.4) is 0 Å². The summed E-state index contributed by atoms with van der Waals surface area (Å²) in [6.45, 7) is 2.33. The number of nitrogens with one attached hydrogen (secondary N) is 2. The Hall–Kier alpha value is -2.58. The van der Waals surface area contributed by atoms with Gasteiger partial charge in [-0.25, -0.2) is 4.79 Å². The van der Waals surface area contributed by atoms with Crippen LogP contribution in [0.15, 0.2) is 39.9 Å². The third kappa shape index (κ3) is 4.94. The number of aromatic amines is 1. The standard InChI is InChI=1S/C17H24N4O4/c1-17(24,8-9-25-2)11-19-13-14(18)21(16(23)20-15(13)22)10-12-6-4-3-5-7-12/h3-7,19,24H,8-11,18H2,1-2H3,(H,20,22,23). The maximum Gasteiger partial charge on any atom is 0.330 e. The Morgan fingerprint density at radius 3 is 2.64 bits per heavy atom. The van der Waals surface area contributed by atoms with Gasteiger partial charge in [0.15, 0.2) is 0 Å². The molecule has 5 N–H and O–H groups in total. The zero-order valence-corrected chi connectivity index (χ0v) is 14.4. The number of anilines is 2. The van der Waals surface area contributed by atoms with Crippen molar-refractivity contribution < 1.29 is 9.84 Å². The molecule has 0 aliphatic carbocycles. The summed E-state index contributed by atoms with van der Waals surface area (Å²) < 4.78 is 6.23. The quantitative estimate of drug-likeness (QED) is 0.547. The predicted octanol–water partition coefficient (Wildman–Crippen LogP) is 0.367. The highest BCUT2D eigenvalue weighted by Gasteiger charge is 2.22. The fourth-order valence-electron chi connectivity index (χ4n) is 2.37. The number of benzene rings is 1. The Bertz CT molecular complexity index is 812. The van der Waals surface area contributed by atoms with E-state index in [0.29, 0.717) is 13.0 Å². The second kappa shape index (κ2) is 8.00. The van der Waals surface area contributed by atoms with Crippen LogP contribution in [-0.4, -0.2) is 40.5 Å². The van der Waals surface area contributed by atoms with Crippen molar-refractivity contribution in [3.05, 3.63) is 56.7 Å². The van der Waals surface area contributed by atoms with Gasteiger partial charge in [-0.3, -0.25) is 14.3 Å². The molecule has 2 rings (SSSR count). The van der Waals surface area contributed by atoms with Crippen LogP contribution in [0.4, 0.5) is 11.5 Å². The van der Waals surface area contributed by atoms with Gasteiger partial charge in [-0.2, -0.15) is 0 Å². The SMILES string of the molecule is COCCC(C)(O)CNc1c(N)n(Cc2ccccc2)c(=O)[nH]c1=O. The van der Waals surface area contributed by atoms with Crippen molar-refractivity contribution >= 4 is 11.5 Å². The van der Waals surface area contributed by atoms with Crippen LogP contribution >= 0.6 is 0 Å². The van der Waals surface area contributed by atoms with Crippen LogP contribution in [0, 0.1) is 0 Å². The van der Waals surface area contributed by atoms with Gasteiger partial charge in [0.1, 0.15) is 11.5 Å². The number of ether oxygens (including phenoxy) is 1. The molecule has 0 amide bonds. The molecule has 1 unspecified atom stereocenters. The molecule has 0 spiro atoms. The topological polar surface area (TPSA) is 122 Å². The van der Waals surface area contributed by atoms with Gasteiger partial charge in [-0.1, -0.05) is 30.3 Å². The number of methoxy groups -OCH3 is 1. The van der Waals surface area contributed by atoms with Crippen LogP contribution in [0.5, 0.6) is 0 Å². The first-order valence-electron chi connectivity index (χ1n) is 7.96. The molecule has 0 aliphatic heterocycles. The molecule has 0 aliphatic rings. The Balaban J connectivity index is 2.26. The number of nitrogens with zero attached hydrogens (tertiary/aromatic N) is 1. The first-order valence-corrected chi connectivity index (χ1v) is 7.96. The van der Waals surface area contributed by atoms with Crippen LogP contribution in [0.1, 0.15) is 18.9 Å². The van der Waals surface area contributed by atoms with Gasteiger partial charge >= 0.3 is 5.69 Å². The maximum atomic E-state index is 12.1. The van der Waals surface area contributed by atoms with Gasteiger partial charge in [0, 0.05) is 26.7 Å². The normalized spacial score (nSPS) is 13.4.